The molecule has 0 aliphatic rings. The lowest BCUT2D eigenvalue weighted by molar-refractivity contribution is -0.141. The quantitative estimate of drug-likeness (QED) is 0.709. The van der Waals surface area contributed by atoms with E-state index in [9.17, 15) is 4.79 Å². The average molecular weight is 238 g/mol. The number of rotatable bonds is 5. The van der Waals surface area contributed by atoms with Crippen LogP contribution in [0.2, 0.25) is 0 Å². The van der Waals surface area contributed by atoms with E-state index in [4.69, 9.17) is 4.74 Å². The van der Waals surface area contributed by atoms with Crippen LogP contribution in [-0.2, 0) is 9.53 Å². The molecule has 0 N–H and O–H groups in total. The minimum absolute atomic E-state index is 0.147. The summed E-state index contributed by atoms with van der Waals surface area (Å²) in [4.78, 5) is 17.4. The van der Waals surface area contributed by atoms with Crippen LogP contribution in [0.15, 0.2) is 0 Å². The first kappa shape index (κ1) is 13.3. The maximum absolute atomic E-state index is 11.4. The molecule has 0 aromatic carbocycles. The summed E-state index contributed by atoms with van der Waals surface area (Å²) in [7, 11) is 0. The molecular formula is C11H18N4O2. The molecule has 6 nitrogen and oxygen atoms in total. The highest BCUT2D eigenvalue weighted by Crippen LogP contribution is 2.07. The van der Waals surface area contributed by atoms with Crippen molar-refractivity contribution in [2.75, 3.05) is 24.6 Å². The van der Waals surface area contributed by atoms with Crippen LogP contribution in [0.5, 0.6) is 0 Å². The molecule has 94 valence electrons. The second kappa shape index (κ2) is 6.12. The molecule has 0 amide bonds. The Balaban J connectivity index is 2.79. The highest BCUT2D eigenvalue weighted by molar-refractivity contribution is 5.74. The molecule has 0 radical (unpaired) electrons. The zero-order chi connectivity index (χ0) is 12.8. The van der Waals surface area contributed by atoms with E-state index in [0.29, 0.717) is 19.1 Å². The smallest absolute Gasteiger partial charge is 0.325 e. The number of carbonyl (C=O) groups excluding carboxylic acids is 1. The number of hydrogen-bond donors (Lipinski definition) is 0. The molecule has 0 saturated heterocycles. The third-order valence-electron chi connectivity index (χ3n) is 2.37. The number of nitrogens with zero attached hydrogens (tertiary/aromatic N) is 4. The van der Waals surface area contributed by atoms with Crippen molar-refractivity contribution < 1.29 is 9.53 Å². The molecule has 0 atom stereocenters. The summed E-state index contributed by atoms with van der Waals surface area (Å²) in [5.41, 5.74) is 1.61. The van der Waals surface area contributed by atoms with Crippen LogP contribution in [0.4, 0.5) is 5.95 Å². The van der Waals surface area contributed by atoms with Crippen LogP contribution >= 0.6 is 0 Å². The highest BCUT2D eigenvalue weighted by atomic mass is 16.5. The van der Waals surface area contributed by atoms with Gasteiger partial charge in [-0.3, -0.25) is 4.79 Å². The monoisotopic (exact) mass is 238 g/mol. The number of esters is 1. The summed E-state index contributed by atoms with van der Waals surface area (Å²) in [6.45, 7) is 8.58. The molecule has 0 unspecified atom stereocenters. The maximum Gasteiger partial charge on any atom is 0.325 e. The number of ether oxygens (including phenoxy) is 1. The lowest BCUT2D eigenvalue weighted by atomic mass is 10.4. The SMILES string of the molecule is CCOC(=O)CN(CC)c1nnc(C)c(C)n1. The molecule has 17 heavy (non-hydrogen) atoms. The fourth-order valence-electron chi connectivity index (χ4n) is 1.27. The fraction of sp³-hybridized carbons (Fsp3) is 0.636. The molecule has 0 saturated carbocycles. The van der Waals surface area contributed by atoms with E-state index in [2.05, 4.69) is 15.2 Å². The van der Waals surface area contributed by atoms with Gasteiger partial charge in [0, 0.05) is 6.54 Å². The van der Waals surface area contributed by atoms with Crippen molar-refractivity contribution in [3.8, 4) is 0 Å². The Hall–Kier alpha value is -1.72. The van der Waals surface area contributed by atoms with Crippen LogP contribution in [-0.4, -0.2) is 40.8 Å². The molecule has 0 fully saturated rings. The lowest BCUT2D eigenvalue weighted by Crippen LogP contribution is -2.32. The summed E-state index contributed by atoms with van der Waals surface area (Å²) >= 11 is 0. The Morgan fingerprint density at radius 2 is 1.94 bits per heavy atom. The minimum Gasteiger partial charge on any atom is -0.465 e. The number of likely N-dealkylation sites (N-methyl/N-ethyl adjacent to an activating group) is 1. The second-order valence-electron chi connectivity index (χ2n) is 3.60. The van der Waals surface area contributed by atoms with Crippen molar-refractivity contribution in [3.05, 3.63) is 11.4 Å². The summed E-state index contributed by atoms with van der Waals surface area (Å²) in [6, 6.07) is 0. The molecule has 0 bridgehead atoms. The number of carbonyl (C=O) groups is 1. The average Bonchev–Trinajstić information content (AvgIpc) is 2.30. The van der Waals surface area contributed by atoms with Crippen LogP contribution < -0.4 is 4.90 Å². The second-order valence-corrected chi connectivity index (χ2v) is 3.60. The predicted octanol–water partition coefficient (Wildman–Crippen LogP) is 0.878. The van der Waals surface area contributed by atoms with E-state index >= 15 is 0 Å². The molecule has 0 aliphatic carbocycles. The number of anilines is 1. The van der Waals surface area contributed by atoms with Gasteiger partial charge in [0.15, 0.2) is 0 Å². The van der Waals surface area contributed by atoms with E-state index in [-0.39, 0.29) is 12.5 Å². The molecule has 0 spiro atoms. The van der Waals surface area contributed by atoms with Gasteiger partial charge in [-0.25, -0.2) is 4.98 Å². The molecule has 0 aliphatic heterocycles. The topological polar surface area (TPSA) is 68.2 Å². The summed E-state index contributed by atoms with van der Waals surface area (Å²) in [5.74, 6) is 0.180. The highest BCUT2D eigenvalue weighted by Gasteiger charge is 2.14. The van der Waals surface area contributed by atoms with Crippen LogP contribution in [0.3, 0.4) is 0 Å². The van der Waals surface area contributed by atoms with Crippen molar-refractivity contribution in [1.82, 2.24) is 15.2 Å². The Morgan fingerprint density at radius 3 is 2.47 bits per heavy atom. The molecule has 1 heterocycles. The van der Waals surface area contributed by atoms with Gasteiger partial charge in [0.2, 0.25) is 5.95 Å². The Bertz CT molecular complexity index is 395. The first-order valence-corrected chi connectivity index (χ1v) is 5.67. The van der Waals surface area contributed by atoms with Crippen molar-refractivity contribution in [3.63, 3.8) is 0 Å². The third-order valence-corrected chi connectivity index (χ3v) is 2.37. The van der Waals surface area contributed by atoms with Crippen LogP contribution in [0.1, 0.15) is 25.2 Å². The van der Waals surface area contributed by atoms with Gasteiger partial charge >= 0.3 is 5.97 Å². The summed E-state index contributed by atoms with van der Waals surface area (Å²) in [5, 5.41) is 7.97. The van der Waals surface area contributed by atoms with E-state index in [1.807, 2.05) is 20.8 Å². The van der Waals surface area contributed by atoms with Gasteiger partial charge in [0.1, 0.15) is 6.54 Å². The molecule has 1 rings (SSSR count). The lowest BCUT2D eigenvalue weighted by Gasteiger charge is -2.19. The molecule has 1 aromatic heterocycles. The van der Waals surface area contributed by atoms with Gasteiger partial charge in [-0.1, -0.05) is 0 Å². The standard InChI is InChI=1S/C11H18N4O2/c1-5-15(7-10(16)17-6-2)11-12-8(3)9(4)13-14-11/h5-7H2,1-4H3. The van der Waals surface area contributed by atoms with Gasteiger partial charge in [0.25, 0.3) is 0 Å². The Morgan fingerprint density at radius 1 is 1.24 bits per heavy atom. The maximum atomic E-state index is 11.4. The van der Waals surface area contributed by atoms with Gasteiger partial charge in [-0.15, -0.1) is 5.10 Å². The van der Waals surface area contributed by atoms with E-state index in [1.54, 1.807) is 11.8 Å². The number of aromatic nitrogens is 3. The zero-order valence-electron chi connectivity index (χ0n) is 10.7. The largest absolute Gasteiger partial charge is 0.465 e. The van der Waals surface area contributed by atoms with Gasteiger partial charge in [-0.05, 0) is 27.7 Å². The predicted molar refractivity (Wildman–Crippen MR) is 63.8 cm³/mol. The van der Waals surface area contributed by atoms with Crippen LogP contribution in [0.25, 0.3) is 0 Å². The van der Waals surface area contributed by atoms with E-state index < -0.39 is 0 Å². The van der Waals surface area contributed by atoms with Crippen molar-refractivity contribution in [2.24, 2.45) is 0 Å². The third kappa shape index (κ3) is 3.65. The minimum atomic E-state index is -0.281. The Labute approximate surface area is 101 Å². The van der Waals surface area contributed by atoms with Crippen molar-refractivity contribution >= 4 is 11.9 Å². The van der Waals surface area contributed by atoms with Crippen LogP contribution in [0, 0.1) is 13.8 Å². The van der Waals surface area contributed by atoms with Gasteiger partial charge < -0.3 is 9.64 Å². The first-order chi connectivity index (χ1) is 8.08. The summed E-state index contributed by atoms with van der Waals surface area (Å²) < 4.78 is 4.89. The molecular weight excluding hydrogens is 220 g/mol. The normalized spacial score (nSPS) is 10.1. The van der Waals surface area contributed by atoms with E-state index in [0.717, 1.165) is 11.4 Å². The van der Waals surface area contributed by atoms with Crippen molar-refractivity contribution in [2.45, 2.75) is 27.7 Å². The fourth-order valence-corrected chi connectivity index (χ4v) is 1.27. The first-order valence-electron chi connectivity index (χ1n) is 5.67. The molecule has 6 heteroatoms. The van der Waals surface area contributed by atoms with E-state index in [1.165, 1.54) is 0 Å². The summed E-state index contributed by atoms with van der Waals surface area (Å²) in [6.07, 6.45) is 0. The Kier molecular flexibility index (Phi) is 4.81. The van der Waals surface area contributed by atoms with Crippen molar-refractivity contribution in [1.29, 1.82) is 0 Å². The number of aryl methyl sites for hydroxylation is 2. The molecule has 1 aromatic rings. The van der Waals surface area contributed by atoms with Gasteiger partial charge in [0.05, 0.1) is 18.0 Å². The van der Waals surface area contributed by atoms with Gasteiger partial charge in [-0.2, -0.15) is 5.10 Å². The number of hydrogen-bond acceptors (Lipinski definition) is 6. The zero-order valence-corrected chi connectivity index (χ0v) is 10.7.